The van der Waals surface area contributed by atoms with Crippen LogP contribution in [-0.4, -0.2) is 11.7 Å². The number of fused-ring (bicyclic) bond motifs is 1. The van der Waals surface area contributed by atoms with Gasteiger partial charge < -0.3 is 10.0 Å². The van der Waals surface area contributed by atoms with Crippen LogP contribution in [0.3, 0.4) is 0 Å². The van der Waals surface area contributed by atoms with Crippen molar-refractivity contribution in [3.63, 3.8) is 0 Å². The summed E-state index contributed by atoms with van der Waals surface area (Å²) in [6.45, 7) is 1.60. The van der Waals surface area contributed by atoms with Crippen molar-refractivity contribution < 1.29 is 5.11 Å². The maximum absolute atomic E-state index is 10.1. The van der Waals surface area contributed by atoms with E-state index in [1.807, 2.05) is 36.4 Å². The summed E-state index contributed by atoms with van der Waals surface area (Å²) in [6.07, 6.45) is 0.397. The summed E-state index contributed by atoms with van der Waals surface area (Å²) in [7, 11) is 0. The topological polar surface area (TPSA) is 23.5 Å². The van der Waals surface area contributed by atoms with E-state index in [-0.39, 0.29) is 6.10 Å². The van der Waals surface area contributed by atoms with Gasteiger partial charge in [-0.15, -0.1) is 0 Å². The fraction of sp³-hybridized carbons (Fsp3) is 0.250. The van der Waals surface area contributed by atoms with Crippen LogP contribution in [0, 0.1) is 0 Å². The molecular weight excluding hydrogens is 338 g/mol. The second kappa shape index (κ2) is 5.76. The second-order valence-electron chi connectivity index (χ2n) is 5.02. The minimum atomic E-state index is -0.358. The molecule has 0 aromatic heterocycles. The number of para-hydroxylation sites is 1. The molecule has 2 aromatic rings. The Labute approximate surface area is 132 Å². The molecule has 0 fully saturated rings. The summed E-state index contributed by atoms with van der Waals surface area (Å²) in [4.78, 5) is 2.27. The van der Waals surface area contributed by atoms with Crippen molar-refractivity contribution in [2.75, 3.05) is 11.4 Å². The molecule has 2 aromatic carbocycles. The lowest BCUT2D eigenvalue weighted by Gasteiger charge is -2.34. The first-order valence-corrected chi connectivity index (χ1v) is 7.78. The predicted molar refractivity (Wildman–Crippen MR) is 86.2 cm³/mol. The first-order chi connectivity index (χ1) is 9.65. The first kappa shape index (κ1) is 13.9. The van der Waals surface area contributed by atoms with Gasteiger partial charge in [-0.05, 0) is 30.2 Å². The third-order valence-electron chi connectivity index (χ3n) is 3.69. The van der Waals surface area contributed by atoms with Gasteiger partial charge in [0.2, 0.25) is 0 Å². The lowest BCUT2D eigenvalue weighted by molar-refractivity contribution is 0.164. The molecule has 0 saturated heterocycles. The van der Waals surface area contributed by atoms with Crippen molar-refractivity contribution in [1.29, 1.82) is 0 Å². The number of aliphatic hydroxyl groups excluding tert-OH is 1. The van der Waals surface area contributed by atoms with Crippen LogP contribution >= 0.6 is 27.5 Å². The molecule has 0 saturated carbocycles. The van der Waals surface area contributed by atoms with Gasteiger partial charge in [0.15, 0.2) is 0 Å². The molecule has 1 unspecified atom stereocenters. The van der Waals surface area contributed by atoms with Crippen LogP contribution in [0.1, 0.15) is 23.7 Å². The van der Waals surface area contributed by atoms with Gasteiger partial charge in [0, 0.05) is 33.8 Å². The Bertz CT molecular complexity index is 632. The molecule has 1 atom stereocenters. The third kappa shape index (κ3) is 2.71. The van der Waals surface area contributed by atoms with Gasteiger partial charge in [-0.3, -0.25) is 0 Å². The standard InChI is InChI=1S/C16H15BrClNO/c17-12-6-5-11(14(18)9-12)10-19-8-7-16(20)13-3-1-2-4-15(13)19/h1-6,9,16,20H,7-8,10H2. The third-order valence-corrected chi connectivity index (χ3v) is 4.53. The van der Waals surface area contributed by atoms with E-state index in [2.05, 4.69) is 26.9 Å². The first-order valence-electron chi connectivity index (χ1n) is 6.61. The Morgan fingerprint density at radius 1 is 1.25 bits per heavy atom. The van der Waals surface area contributed by atoms with E-state index in [0.717, 1.165) is 45.8 Å². The molecule has 1 aliphatic rings. The molecule has 0 bridgehead atoms. The summed E-state index contributed by atoms with van der Waals surface area (Å²) in [5.74, 6) is 0. The summed E-state index contributed by atoms with van der Waals surface area (Å²) in [5.41, 5.74) is 3.21. The normalized spacial score (nSPS) is 17.9. The highest BCUT2D eigenvalue weighted by molar-refractivity contribution is 9.10. The highest BCUT2D eigenvalue weighted by atomic mass is 79.9. The van der Waals surface area contributed by atoms with Gasteiger partial charge in [0.25, 0.3) is 0 Å². The van der Waals surface area contributed by atoms with E-state index in [1.54, 1.807) is 0 Å². The molecule has 0 amide bonds. The number of hydrogen-bond acceptors (Lipinski definition) is 2. The summed E-state index contributed by atoms with van der Waals surface area (Å²) in [5, 5.41) is 10.8. The van der Waals surface area contributed by atoms with Gasteiger partial charge in [0.05, 0.1) is 6.10 Å². The second-order valence-corrected chi connectivity index (χ2v) is 6.34. The maximum atomic E-state index is 10.1. The van der Waals surface area contributed by atoms with E-state index >= 15 is 0 Å². The Hall–Kier alpha value is -1.03. The fourth-order valence-corrected chi connectivity index (χ4v) is 3.36. The summed E-state index contributed by atoms with van der Waals surface area (Å²) < 4.78 is 0.987. The van der Waals surface area contributed by atoms with E-state index in [4.69, 9.17) is 11.6 Å². The number of hydrogen-bond donors (Lipinski definition) is 1. The highest BCUT2D eigenvalue weighted by Gasteiger charge is 2.23. The maximum Gasteiger partial charge on any atom is 0.0826 e. The minimum Gasteiger partial charge on any atom is -0.388 e. The van der Waals surface area contributed by atoms with Crippen molar-refractivity contribution in [1.82, 2.24) is 0 Å². The average molecular weight is 353 g/mol. The van der Waals surface area contributed by atoms with E-state index in [9.17, 15) is 5.11 Å². The molecule has 1 N–H and O–H groups in total. The molecular formula is C16H15BrClNO. The minimum absolute atomic E-state index is 0.358. The van der Waals surface area contributed by atoms with Crippen LogP contribution < -0.4 is 4.90 Å². The predicted octanol–water partition coefficient (Wildman–Crippen LogP) is 4.55. The average Bonchev–Trinajstić information content (AvgIpc) is 2.45. The zero-order chi connectivity index (χ0) is 14.1. The van der Waals surface area contributed by atoms with Crippen LogP contribution in [0.15, 0.2) is 46.9 Å². The summed E-state index contributed by atoms with van der Waals surface area (Å²) in [6, 6.07) is 14.0. The van der Waals surface area contributed by atoms with Crippen molar-refractivity contribution in [3.05, 3.63) is 63.1 Å². The van der Waals surface area contributed by atoms with Crippen molar-refractivity contribution >= 4 is 33.2 Å². The molecule has 104 valence electrons. The van der Waals surface area contributed by atoms with Crippen molar-refractivity contribution in [2.45, 2.75) is 19.1 Å². The molecule has 2 nitrogen and oxygen atoms in total. The van der Waals surface area contributed by atoms with Gasteiger partial charge in [-0.25, -0.2) is 0 Å². The molecule has 4 heteroatoms. The molecule has 1 heterocycles. The Morgan fingerprint density at radius 3 is 2.85 bits per heavy atom. The van der Waals surface area contributed by atoms with Crippen LogP contribution in [0.5, 0.6) is 0 Å². The molecule has 3 rings (SSSR count). The fourth-order valence-electron chi connectivity index (χ4n) is 2.63. The number of benzene rings is 2. The number of rotatable bonds is 2. The Morgan fingerprint density at radius 2 is 2.05 bits per heavy atom. The summed E-state index contributed by atoms with van der Waals surface area (Å²) >= 11 is 9.72. The zero-order valence-electron chi connectivity index (χ0n) is 10.9. The number of anilines is 1. The Kier molecular flexibility index (Phi) is 4.01. The van der Waals surface area contributed by atoms with Crippen molar-refractivity contribution in [3.8, 4) is 0 Å². The van der Waals surface area contributed by atoms with Crippen LogP contribution in [-0.2, 0) is 6.54 Å². The van der Waals surface area contributed by atoms with Gasteiger partial charge >= 0.3 is 0 Å². The lowest BCUT2D eigenvalue weighted by Crippen LogP contribution is -2.30. The van der Waals surface area contributed by atoms with Gasteiger partial charge in [0.1, 0.15) is 0 Å². The van der Waals surface area contributed by atoms with E-state index in [0.29, 0.717) is 0 Å². The van der Waals surface area contributed by atoms with Crippen LogP contribution in [0.4, 0.5) is 5.69 Å². The van der Waals surface area contributed by atoms with Gasteiger partial charge in [-0.1, -0.05) is 51.8 Å². The number of halogens is 2. The van der Waals surface area contributed by atoms with Crippen molar-refractivity contribution in [2.24, 2.45) is 0 Å². The molecule has 0 aliphatic carbocycles. The highest BCUT2D eigenvalue weighted by Crippen LogP contribution is 2.35. The van der Waals surface area contributed by atoms with Crippen LogP contribution in [0.25, 0.3) is 0 Å². The molecule has 0 radical (unpaired) electrons. The molecule has 1 aliphatic heterocycles. The SMILES string of the molecule is OC1CCN(Cc2ccc(Br)cc2Cl)c2ccccc21. The number of nitrogens with zero attached hydrogens (tertiary/aromatic N) is 1. The van der Waals surface area contributed by atoms with E-state index < -0.39 is 0 Å². The van der Waals surface area contributed by atoms with Crippen LogP contribution in [0.2, 0.25) is 5.02 Å². The molecule has 20 heavy (non-hydrogen) atoms. The number of aliphatic hydroxyl groups is 1. The molecule has 0 spiro atoms. The smallest absolute Gasteiger partial charge is 0.0826 e. The monoisotopic (exact) mass is 351 g/mol. The largest absolute Gasteiger partial charge is 0.388 e. The Balaban J connectivity index is 1.90. The van der Waals surface area contributed by atoms with E-state index in [1.165, 1.54) is 0 Å². The zero-order valence-corrected chi connectivity index (χ0v) is 13.2. The quantitative estimate of drug-likeness (QED) is 0.857. The lowest BCUT2D eigenvalue weighted by atomic mass is 9.98. The van der Waals surface area contributed by atoms with Gasteiger partial charge in [-0.2, -0.15) is 0 Å².